The summed E-state index contributed by atoms with van der Waals surface area (Å²) in [6.07, 6.45) is 10.9. The van der Waals surface area contributed by atoms with Crippen molar-refractivity contribution >= 4 is 73.0 Å². The second-order valence-corrected chi connectivity index (χ2v) is 17.8. The molecule has 2 aromatic heterocycles. The molecule has 0 nitrogen and oxygen atoms in total. The van der Waals surface area contributed by atoms with Crippen LogP contribution in [0.5, 0.6) is 0 Å². The molecular weight excluding hydrogens is 540 g/mol. The summed E-state index contributed by atoms with van der Waals surface area (Å²) >= 11 is 11.7. The highest BCUT2D eigenvalue weighted by molar-refractivity contribution is 9.11. The van der Waals surface area contributed by atoms with E-state index in [2.05, 4.69) is 71.7 Å². The van der Waals surface area contributed by atoms with E-state index < -0.39 is 8.07 Å². The van der Waals surface area contributed by atoms with Crippen LogP contribution < -0.4 is 10.4 Å². The first kappa shape index (κ1) is 24.2. The minimum Gasteiger partial charge on any atom is -0.127 e. The van der Waals surface area contributed by atoms with Crippen molar-refractivity contribution in [1.29, 1.82) is 0 Å². The molecule has 29 heavy (non-hydrogen) atoms. The van der Waals surface area contributed by atoms with E-state index in [1.54, 1.807) is 20.1 Å². The van der Waals surface area contributed by atoms with Crippen molar-refractivity contribution in [1.82, 2.24) is 0 Å². The Morgan fingerprint density at radius 2 is 1.17 bits per heavy atom. The van der Waals surface area contributed by atoms with Crippen LogP contribution in [0.2, 0.25) is 12.1 Å². The van der Waals surface area contributed by atoms with Crippen LogP contribution in [0, 0.1) is 11.8 Å². The van der Waals surface area contributed by atoms with Crippen molar-refractivity contribution < 1.29 is 0 Å². The average Bonchev–Trinajstić information content (AvgIpc) is 3.34. The molecule has 0 aromatic carbocycles. The third-order valence-electron chi connectivity index (χ3n) is 7.00. The quantitative estimate of drug-likeness (QED) is 0.221. The van der Waals surface area contributed by atoms with E-state index in [1.807, 2.05) is 22.7 Å². The van der Waals surface area contributed by atoms with Crippen molar-refractivity contribution in [3.8, 4) is 9.75 Å². The van der Waals surface area contributed by atoms with Crippen LogP contribution in [0.25, 0.3) is 9.75 Å². The number of hydrogen-bond acceptors (Lipinski definition) is 2. The molecule has 2 aromatic rings. The molecule has 0 saturated heterocycles. The third kappa shape index (κ3) is 5.15. The van der Waals surface area contributed by atoms with Gasteiger partial charge < -0.3 is 0 Å². The smallest absolute Gasteiger partial charge is 0.122 e. The first-order chi connectivity index (χ1) is 14.0. The van der Waals surface area contributed by atoms with E-state index in [4.69, 9.17) is 0 Å². The Kier molecular flexibility index (Phi) is 9.14. The lowest BCUT2D eigenvalue weighted by molar-refractivity contribution is 0.469. The molecule has 0 aliphatic carbocycles. The summed E-state index contributed by atoms with van der Waals surface area (Å²) < 4.78 is 2.66. The molecule has 5 heteroatoms. The monoisotopic (exact) mass is 574 g/mol. The predicted molar refractivity (Wildman–Crippen MR) is 144 cm³/mol. The highest BCUT2D eigenvalue weighted by atomic mass is 79.9. The lowest BCUT2D eigenvalue weighted by Crippen LogP contribution is -2.56. The highest BCUT2D eigenvalue weighted by Crippen LogP contribution is 2.47. The molecule has 1 aliphatic rings. The Balaban J connectivity index is 2.06. The van der Waals surface area contributed by atoms with Gasteiger partial charge in [0.1, 0.15) is 8.07 Å². The first-order valence-electron chi connectivity index (χ1n) is 11.6. The van der Waals surface area contributed by atoms with Crippen LogP contribution in [0.3, 0.4) is 0 Å². The summed E-state index contributed by atoms with van der Waals surface area (Å²) in [4.78, 5) is 3.20. The van der Waals surface area contributed by atoms with E-state index in [1.165, 1.54) is 71.0 Å². The van der Waals surface area contributed by atoms with E-state index in [9.17, 15) is 0 Å². The number of thiophene rings is 2. The van der Waals surface area contributed by atoms with Crippen molar-refractivity contribution in [2.75, 3.05) is 0 Å². The SMILES string of the molecule is CCCC[C@H](CC)C[Si]1(C[C@@H](CC)CCCC)c2cc(Br)sc2-c2sc(Br)cc21. The minimum absolute atomic E-state index is 0.876. The summed E-state index contributed by atoms with van der Waals surface area (Å²) in [5, 5.41) is 3.54. The molecule has 0 N–H and O–H groups in total. The van der Waals surface area contributed by atoms with Gasteiger partial charge >= 0.3 is 0 Å². The van der Waals surface area contributed by atoms with Crippen molar-refractivity contribution in [3.05, 3.63) is 19.7 Å². The molecule has 0 unspecified atom stereocenters. The van der Waals surface area contributed by atoms with Crippen molar-refractivity contribution in [3.63, 3.8) is 0 Å². The van der Waals surface area contributed by atoms with Crippen molar-refractivity contribution in [2.24, 2.45) is 11.8 Å². The zero-order chi connectivity index (χ0) is 21.0. The Morgan fingerprint density at radius 3 is 1.52 bits per heavy atom. The standard InChI is InChI=1S/C24H36Br2S2Si/c1-5-9-11-17(7-3)15-29(16-18(8-4)12-10-6-2)19-13-21(25)27-23(19)24-20(29)14-22(26)28-24/h13-14,17-18H,5-12,15-16H2,1-4H3/t17-,18-/m0/s1. The Hall–Kier alpha value is 0.577. The lowest BCUT2D eigenvalue weighted by Gasteiger charge is -2.35. The minimum atomic E-state index is -1.74. The lowest BCUT2D eigenvalue weighted by atomic mass is 10.0. The first-order valence-corrected chi connectivity index (χ1v) is 17.2. The average molecular weight is 577 g/mol. The highest BCUT2D eigenvalue weighted by Gasteiger charge is 2.49. The van der Waals surface area contributed by atoms with Crippen molar-refractivity contribution in [2.45, 2.75) is 91.1 Å². The van der Waals surface area contributed by atoms with Gasteiger partial charge in [0.25, 0.3) is 0 Å². The maximum atomic E-state index is 3.85. The summed E-state index contributed by atoms with van der Waals surface area (Å²) in [7, 11) is -1.74. The molecule has 3 rings (SSSR count). The fourth-order valence-corrected chi connectivity index (χ4v) is 17.0. The molecule has 2 atom stereocenters. The number of rotatable bonds is 12. The van der Waals surface area contributed by atoms with Gasteiger partial charge in [0, 0.05) is 9.75 Å². The zero-order valence-corrected chi connectivity index (χ0v) is 24.3. The number of unbranched alkanes of at least 4 members (excludes halogenated alkanes) is 2. The van der Waals surface area contributed by atoms with Gasteiger partial charge in [-0.2, -0.15) is 0 Å². The number of fused-ring (bicyclic) bond motifs is 3. The van der Waals surface area contributed by atoms with Crippen LogP contribution >= 0.6 is 54.5 Å². The molecule has 0 amide bonds. The molecular formula is C24H36Br2S2Si. The van der Waals surface area contributed by atoms with E-state index in [-0.39, 0.29) is 0 Å². The van der Waals surface area contributed by atoms with Gasteiger partial charge in [-0.15, -0.1) is 22.7 Å². The molecule has 0 fully saturated rings. The topological polar surface area (TPSA) is 0 Å². The fourth-order valence-electron chi connectivity index (χ4n) is 5.31. The summed E-state index contributed by atoms with van der Waals surface area (Å²) in [5.74, 6) is 1.75. The Bertz CT molecular complexity index is 729. The van der Waals surface area contributed by atoms with Gasteiger partial charge in [-0.05, 0) is 78.3 Å². The van der Waals surface area contributed by atoms with E-state index in [0.29, 0.717) is 0 Å². The maximum absolute atomic E-state index is 3.85. The van der Waals surface area contributed by atoms with Gasteiger partial charge in [-0.3, -0.25) is 0 Å². The Labute approximate surface area is 204 Å². The number of hydrogen-bond donors (Lipinski definition) is 0. The molecule has 162 valence electrons. The largest absolute Gasteiger partial charge is 0.127 e. The van der Waals surface area contributed by atoms with Crippen LogP contribution in [0.15, 0.2) is 19.7 Å². The summed E-state index contributed by atoms with van der Waals surface area (Å²) in [6, 6.07) is 7.98. The molecule has 0 bridgehead atoms. The predicted octanol–water partition coefficient (Wildman–Crippen LogP) is 9.31. The summed E-state index contributed by atoms with van der Waals surface area (Å²) in [5.41, 5.74) is 0. The molecule has 0 saturated carbocycles. The maximum Gasteiger partial charge on any atom is 0.122 e. The van der Waals surface area contributed by atoms with Gasteiger partial charge in [-0.1, -0.05) is 79.1 Å². The van der Waals surface area contributed by atoms with Crippen LogP contribution in [-0.2, 0) is 0 Å². The second kappa shape index (κ2) is 10.9. The normalized spacial score (nSPS) is 16.6. The summed E-state index contributed by atoms with van der Waals surface area (Å²) in [6.45, 7) is 9.55. The fraction of sp³-hybridized carbons (Fsp3) is 0.667. The van der Waals surface area contributed by atoms with Crippen LogP contribution in [-0.4, -0.2) is 8.07 Å². The second-order valence-electron chi connectivity index (χ2n) is 8.91. The molecule has 0 spiro atoms. The number of halogens is 2. The molecule has 0 radical (unpaired) electrons. The van der Waals surface area contributed by atoms with Gasteiger partial charge in [0.15, 0.2) is 0 Å². The van der Waals surface area contributed by atoms with Crippen LogP contribution in [0.1, 0.15) is 79.1 Å². The third-order valence-corrected chi connectivity index (χ3v) is 16.2. The van der Waals surface area contributed by atoms with Gasteiger partial charge in [-0.25, -0.2) is 0 Å². The van der Waals surface area contributed by atoms with E-state index in [0.717, 1.165) is 11.8 Å². The molecule has 3 heterocycles. The van der Waals surface area contributed by atoms with Crippen LogP contribution in [0.4, 0.5) is 0 Å². The Morgan fingerprint density at radius 1 is 0.759 bits per heavy atom. The van der Waals surface area contributed by atoms with E-state index >= 15 is 0 Å². The molecule has 1 aliphatic heterocycles. The zero-order valence-electron chi connectivity index (χ0n) is 18.5. The van der Waals surface area contributed by atoms with Gasteiger partial charge in [0.2, 0.25) is 0 Å². The van der Waals surface area contributed by atoms with Gasteiger partial charge in [0.05, 0.1) is 7.57 Å².